The molecule has 1 aliphatic heterocycles. The van der Waals surface area contributed by atoms with Crippen LogP contribution in [0.5, 0.6) is 11.5 Å². The molecule has 1 saturated heterocycles. The Kier molecular flexibility index (Phi) is 3.90. The van der Waals surface area contributed by atoms with Crippen molar-refractivity contribution in [1.82, 2.24) is 0 Å². The monoisotopic (exact) mass is 265 g/mol. The number of piperidine rings is 1. The van der Waals surface area contributed by atoms with E-state index in [-0.39, 0.29) is 11.6 Å². The van der Waals surface area contributed by atoms with Gasteiger partial charge in [-0.25, -0.2) is 0 Å². The molecular formula is C15H23NO3. The minimum atomic E-state index is -0.263. The molecular weight excluding hydrogens is 242 g/mol. The summed E-state index contributed by atoms with van der Waals surface area (Å²) < 4.78 is 10.6. The topological polar surface area (TPSA) is 41.9 Å². The van der Waals surface area contributed by atoms with Gasteiger partial charge in [0.15, 0.2) is 11.5 Å². The summed E-state index contributed by atoms with van der Waals surface area (Å²) in [6.45, 7) is 5.06. The minimum absolute atomic E-state index is 0.0405. The fourth-order valence-corrected chi connectivity index (χ4v) is 2.65. The third-order valence-electron chi connectivity index (χ3n) is 3.89. The molecule has 2 rings (SSSR count). The first-order chi connectivity index (χ1) is 8.97. The van der Waals surface area contributed by atoms with Crippen LogP contribution < -0.4 is 14.4 Å². The predicted octanol–water partition coefficient (Wildman–Crippen LogP) is 2.44. The van der Waals surface area contributed by atoms with Gasteiger partial charge in [0.05, 0.1) is 20.3 Å². The van der Waals surface area contributed by atoms with Crippen LogP contribution in [0.25, 0.3) is 0 Å². The van der Waals surface area contributed by atoms with Crippen LogP contribution in [0.2, 0.25) is 0 Å². The number of anilines is 1. The first-order valence-corrected chi connectivity index (χ1v) is 6.65. The average molecular weight is 265 g/mol. The molecule has 4 heteroatoms. The molecule has 0 bridgehead atoms. The Labute approximate surface area is 114 Å². The fourth-order valence-electron chi connectivity index (χ4n) is 2.65. The van der Waals surface area contributed by atoms with Crippen molar-refractivity contribution in [1.29, 1.82) is 0 Å². The molecule has 19 heavy (non-hydrogen) atoms. The van der Waals surface area contributed by atoms with Gasteiger partial charge in [-0.05, 0) is 38.8 Å². The largest absolute Gasteiger partial charge is 0.493 e. The van der Waals surface area contributed by atoms with E-state index in [1.165, 1.54) is 0 Å². The molecule has 0 radical (unpaired) electrons. The normalized spacial score (nSPS) is 22.2. The summed E-state index contributed by atoms with van der Waals surface area (Å²) in [7, 11) is 3.27. The maximum absolute atomic E-state index is 9.90. The number of rotatable bonds is 3. The van der Waals surface area contributed by atoms with Crippen molar-refractivity contribution in [3.05, 3.63) is 18.2 Å². The maximum atomic E-state index is 9.90. The van der Waals surface area contributed by atoms with Crippen molar-refractivity contribution in [3.63, 3.8) is 0 Å². The molecule has 0 spiro atoms. The Morgan fingerprint density at radius 3 is 2.53 bits per heavy atom. The fraction of sp³-hybridized carbons (Fsp3) is 0.600. The average Bonchev–Trinajstić information content (AvgIpc) is 2.40. The van der Waals surface area contributed by atoms with Gasteiger partial charge in [0, 0.05) is 23.8 Å². The SMILES string of the molecule is COc1ccc(N2CC(O)CCC2(C)C)cc1OC. The third kappa shape index (κ3) is 2.78. The lowest BCUT2D eigenvalue weighted by Crippen LogP contribution is -2.52. The van der Waals surface area contributed by atoms with Gasteiger partial charge in [-0.2, -0.15) is 0 Å². The number of β-amino-alcohol motifs (C(OH)–C–C–N with tert-alkyl or cyclic N) is 1. The van der Waals surface area contributed by atoms with E-state index in [9.17, 15) is 5.11 Å². The zero-order valence-electron chi connectivity index (χ0n) is 12.1. The Morgan fingerprint density at radius 1 is 1.21 bits per heavy atom. The van der Waals surface area contributed by atoms with E-state index >= 15 is 0 Å². The molecule has 1 heterocycles. The summed E-state index contributed by atoms with van der Waals surface area (Å²) in [5, 5.41) is 9.90. The van der Waals surface area contributed by atoms with E-state index in [0.717, 1.165) is 30.0 Å². The number of methoxy groups -OCH3 is 2. The van der Waals surface area contributed by atoms with Gasteiger partial charge >= 0.3 is 0 Å². The predicted molar refractivity (Wildman–Crippen MR) is 76.2 cm³/mol. The number of hydrogen-bond acceptors (Lipinski definition) is 4. The van der Waals surface area contributed by atoms with Crippen LogP contribution in [0.3, 0.4) is 0 Å². The highest BCUT2D eigenvalue weighted by Gasteiger charge is 2.33. The molecule has 1 atom stereocenters. The van der Waals surface area contributed by atoms with Gasteiger partial charge in [0.1, 0.15) is 0 Å². The van der Waals surface area contributed by atoms with Crippen LogP contribution in [-0.2, 0) is 0 Å². The number of aliphatic hydroxyl groups excluding tert-OH is 1. The number of ether oxygens (including phenoxy) is 2. The van der Waals surface area contributed by atoms with Gasteiger partial charge in [0.25, 0.3) is 0 Å². The van der Waals surface area contributed by atoms with E-state index in [1.807, 2.05) is 18.2 Å². The molecule has 106 valence electrons. The zero-order valence-corrected chi connectivity index (χ0v) is 12.1. The van der Waals surface area contributed by atoms with E-state index in [1.54, 1.807) is 14.2 Å². The van der Waals surface area contributed by atoms with Gasteiger partial charge in [-0.3, -0.25) is 0 Å². The first-order valence-electron chi connectivity index (χ1n) is 6.65. The van der Waals surface area contributed by atoms with Crippen molar-refractivity contribution in [3.8, 4) is 11.5 Å². The lowest BCUT2D eigenvalue weighted by Gasteiger charge is -2.46. The smallest absolute Gasteiger partial charge is 0.162 e. The van der Waals surface area contributed by atoms with Gasteiger partial charge in [-0.15, -0.1) is 0 Å². The number of hydrogen-bond donors (Lipinski definition) is 1. The summed E-state index contributed by atoms with van der Waals surface area (Å²) in [6, 6.07) is 5.89. The number of benzene rings is 1. The number of nitrogens with zero attached hydrogens (tertiary/aromatic N) is 1. The van der Waals surface area contributed by atoms with Crippen LogP contribution in [0.4, 0.5) is 5.69 Å². The minimum Gasteiger partial charge on any atom is -0.493 e. The molecule has 0 amide bonds. The molecule has 1 fully saturated rings. The Bertz CT molecular complexity index is 445. The van der Waals surface area contributed by atoms with Gasteiger partial charge in [-0.1, -0.05) is 0 Å². The van der Waals surface area contributed by atoms with Crippen molar-refractivity contribution in [2.24, 2.45) is 0 Å². The second-order valence-electron chi connectivity index (χ2n) is 5.65. The van der Waals surface area contributed by atoms with E-state index in [0.29, 0.717) is 6.54 Å². The molecule has 1 aromatic carbocycles. The van der Waals surface area contributed by atoms with Gasteiger partial charge < -0.3 is 19.5 Å². The van der Waals surface area contributed by atoms with Crippen molar-refractivity contribution >= 4 is 5.69 Å². The maximum Gasteiger partial charge on any atom is 0.162 e. The third-order valence-corrected chi connectivity index (χ3v) is 3.89. The summed E-state index contributed by atoms with van der Waals surface area (Å²) in [4.78, 5) is 2.24. The highest BCUT2D eigenvalue weighted by atomic mass is 16.5. The van der Waals surface area contributed by atoms with Crippen molar-refractivity contribution in [2.75, 3.05) is 25.7 Å². The highest BCUT2D eigenvalue weighted by Crippen LogP contribution is 2.37. The highest BCUT2D eigenvalue weighted by molar-refractivity contribution is 5.58. The quantitative estimate of drug-likeness (QED) is 0.911. The Hall–Kier alpha value is -1.42. The van der Waals surface area contributed by atoms with Gasteiger partial charge in [0.2, 0.25) is 0 Å². The molecule has 1 aliphatic rings. The molecule has 1 unspecified atom stereocenters. The first kappa shape index (κ1) is 14.0. The molecule has 4 nitrogen and oxygen atoms in total. The summed E-state index contributed by atoms with van der Waals surface area (Å²) >= 11 is 0. The Balaban J connectivity index is 2.34. The molecule has 0 aliphatic carbocycles. The van der Waals surface area contributed by atoms with Crippen LogP contribution in [-0.4, -0.2) is 37.5 Å². The molecule has 1 aromatic rings. The summed E-state index contributed by atoms with van der Waals surface area (Å²) in [6.07, 6.45) is 1.57. The van der Waals surface area contributed by atoms with E-state index < -0.39 is 0 Å². The molecule has 1 N–H and O–H groups in total. The van der Waals surface area contributed by atoms with Crippen LogP contribution in [0, 0.1) is 0 Å². The Morgan fingerprint density at radius 2 is 1.89 bits per heavy atom. The lowest BCUT2D eigenvalue weighted by molar-refractivity contribution is 0.126. The van der Waals surface area contributed by atoms with Crippen LogP contribution in [0.15, 0.2) is 18.2 Å². The summed E-state index contributed by atoms with van der Waals surface area (Å²) in [5.74, 6) is 1.44. The van der Waals surface area contributed by atoms with Crippen LogP contribution >= 0.6 is 0 Å². The zero-order chi connectivity index (χ0) is 14.0. The van der Waals surface area contributed by atoms with Crippen LogP contribution in [0.1, 0.15) is 26.7 Å². The lowest BCUT2D eigenvalue weighted by atomic mass is 9.88. The van der Waals surface area contributed by atoms with Crippen molar-refractivity contribution < 1.29 is 14.6 Å². The molecule has 0 saturated carbocycles. The van der Waals surface area contributed by atoms with E-state index in [2.05, 4.69) is 18.7 Å². The molecule has 0 aromatic heterocycles. The second kappa shape index (κ2) is 5.29. The number of aliphatic hydroxyl groups is 1. The standard InChI is InChI=1S/C15H23NO3/c1-15(2)8-7-12(17)10-16(15)11-5-6-13(18-3)14(9-11)19-4/h5-6,9,12,17H,7-8,10H2,1-4H3. The van der Waals surface area contributed by atoms with E-state index in [4.69, 9.17) is 9.47 Å². The second-order valence-corrected chi connectivity index (χ2v) is 5.65. The summed E-state index contributed by atoms with van der Waals surface area (Å²) in [5.41, 5.74) is 1.10. The van der Waals surface area contributed by atoms with Crippen molar-refractivity contribution in [2.45, 2.75) is 38.3 Å².